The number of hydrogen-bond acceptors (Lipinski definition) is 3. The second-order valence-corrected chi connectivity index (χ2v) is 7.37. The lowest BCUT2D eigenvalue weighted by molar-refractivity contribution is -0.136. The predicted octanol–water partition coefficient (Wildman–Crippen LogP) is 3.55. The fourth-order valence-corrected chi connectivity index (χ4v) is 3.66. The van der Waals surface area contributed by atoms with E-state index in [9.17, 15) is 19.1 Å². The third-order valence-corrected chi connectivity index (χ3v) is 5.27. The van der Waals surface area contributed by atoms with Crippen molar-refractivity contribution in [1.29, 1.82) is 0 Å². The smallest absolute Gasteiger partial charge is 0.307 e. The van der Waals surface area contributed by atoms with Crippen LogP contribution in [0.15, 0.2) is 42.7 Å². The molecule has 0 unspecified atom stereocenters. The number of carbonyl (C=O) groups is 2. The Morgan fingerprint density at radius 1 is 1.28 bits per heavy atom. The Balaban J connectivity index is 1.79. The molecule has 7 heteroatoms. The number of aliphatic carboxylic acids is 1. The van der Waals surface area contributed by atoms with Crippen LogP contribution < -0.4 is 0 Å². The molecule has 0 saturated heterocycles. The molecule has 0 spiro atoms. The van der Waals surface area contributed by atoms with E-state index in [-0.39, 0.29) is 18.2 Å². The number of fused-ring (bicyclic) bond motifs is 1. The molecule has 1 saturated carbocycles. The Hall–Kier alpha value is -3.22. The molecule has 6 nitrogen and oxygen atoms in total. The van der Waals surface area contributed by atoms with Crippen molar-refractivity contribution in [3.05, 3.63) is 59.7 Å². The van der Waals surface area contributed by atoms with Gasteiger partial charge in [0.25, 0.3) is 0 Å². The zero-order valence-corrected chi connectivity index (χ0v) is 16.1. The number of aromatic nitrogens is 2. The zero-order chi connectivity index (χ0) is 20.5. The second-order valence-electron chi connectivity index (χ2n) is 7.37. The van der Waals surface area contributed by atoms with Gasteiger partial charge in [-0.3, -0.25) is 9.59 Å². The topological polar surface area (TPSA) is 75.4 Å². The summed E-state index contributed by atoms with van der Waals surface area (Å²) in [6.07, 6.45) is 5.05. The van der Waals surface area contributed by atoms with E-state index in [0.717, 1.165) is 18.4 Å². The van der Waals surface area contributed by atoms with Crippen LogP contribution in [0.5, 0.6) is 0 Å². The highest BCUT2D eigenvalue weighted by molar-refractivity contribution is 5.89. The van der Waals surface area contributed by atoms with Gasteiger partial charge in [0.2, 0.25) is 5.91 Å². The van der Waals surface area contributed by atoms with Crippen LogP contribution in [-0.2, 0) is 22.6 Å². The minimum absolute atomic E-state index is 0.124. The summed E-state index contributed by atoms with van der Waals surface area (Å²) in [6.45, 7) is 2.94. The zero-order valence-electron chi connectivity index (χ0n) is 16.1. The lowest BCUT2D eigenvalue weighted by Crippen LogP contribution is -2.32. The van der Waals surface area contributed by atoms with Crippen molar-refractivity contribution in [3.8, 4) is 5.82 Å². The van der Waals surface area contributed by atoms with Gasteiger partial charge in [-0.15, -0.1) is 0 Å². The average Bonchev–Trinajstić information content (AvgIpc) is 3.49. The van der Waals surface area contributed by atoms with Crippen LogP contribution in [-0.4, -0.2) is 38.0 Å². The van der Waals surface area contributed by atoms with Crippen LogP contribution >= 0.6 is 0 Å². The van der Waals surface area contributed by atoms with Crippen LogP contribution in [0.3, 0.4) is 0 Å². The van der Waals surface area contributed by atoms with Gasteiger partial charge in [-0.1, -0.05) is 6.07 Å². The summed E-state index contributed by atoms with van der Waals surface area (Å²) in [5.74, 6) is -0.519. The fourth-order valence-electron chi connectivity index (χ4n) is 3.66. The Morgan fingerprint density at radius 2 is 2.07 bits per heavy atom. The van der Waals surface area contributed by atoms with Crippen molar-refractivity contribution >= 4 is 22.8 Å². The molecule has 3 aromatic rings. The molecule has 0 atom stereocenters. The lowest BCUT2D eigenvalue weighted by Gasteiger charge is -2.22. The Kier molecular flexibility index (Phi) is 5.05. The number of carboxylic acid groups (broad SMARTS) is 1. The highest BCUT2D eigenvalue weighted by Gasteiger charge is 2.33. The third kappa shape index (κ3) is 3.85. The number of rotatable bonds is 7. The van der Waals surface area contributed by atoms with Crippen molar-refractivity contribution < 1.29 is 19.1 Å². The summed E-state index contributed by atoms with van der Waals surface area (Å²) < 4.78 is 15.7. The summed E-state index contributed by atoms with van der Waals surface area (Å²) >= 11 is 0. The molecule has 1 amide bonds. The monoisotopic (exact) mass is 395 g/mol. The van der Waals surface area contributed by atoms with Crippen molar-refractivity contribution in [2.24, 2.45) is 5.92 Å². The number of amides is 1. The first-order valence-electron chi connectivity index (χ1n) is 9.72. The Morgan fingerprint density at radius 3 is 2.76 bits per heavy atom. The molecule has 0 aliphatic heterocycles. The van der Waals surface area contributed by atoms with Crippen molar-refractivity contribution in [1.82, 2.24) is 14.5 Å². The average molecular weight is 395 g/mol. The number of hydrogen-bond donors (Lipinski definition) is 1. The lowest BCUT2D eigenvalue weighted by atomic mass is 10.1. The minimum atomic E-state index is -0.957. The molecular weight excluding hydrogens is 373 g/mol. The summed E-state index contributed by atoms with van der Waals surface area (Å²) in [7, 11) is 0. The van der Waals surface area contributed by atoms with Gasteiger partial charge >= 0.3 is 5.97 Å². The van der Waals surface area contributed by atoms with E-state index in [2.05, 4.69) is 4.98 Å². The van der Waals surface area contributed by atoms with E-state index >= 15 is 0 Å². The molecule has 4 rings (SSSR count). The molecule has 1 aliphatic rings. The molecule has 1 N–H and O–H groups in total. The molecule has 1 aromatic carbocycles. The summed E-state index contributed by atoms with van der Waals surface area (Å²) in [6, 6.07) is 8.00. The molecule has 2 heterocycles. The summed E-state index contributed by atoms with van der Waals surface area (Å²) in [5.41, 5.74) is 1.97. The first-order chi connectivity index (χ1) is 14.0. The third-order valence-electron chi connectivity index (χ3n) is 5.27. The van der Waals surface area contributed by atoms with E-state index in [0.29, 0.717) is 35.4 Å². The van der Waals surface area contributed by atoms with Crippen LogP contribution in [0.2, 0.25) is 0 Å². The van der Waals surface area contributed by atoms with Gasteiger partial charge in [0.1, 0.15) is 11.6 Å². The maximum absolute atomic E-state index is 14.0. The highest BCUT2D eigenvalue weighted by Crippen LogP contribution is 2.32. The predicted molar refractivity (Wildman–Crippen MR) is 106 cm³/mol. The first-order valence-corrected chi connectivity index (χ1v) is 9.72. The van der Waals surface area contributed by atoms with Crippen molar-refractivity contribution in [3.63, 3.8) is 0 Å². The number of benzene rings is 1. The Bertz CT molecular complexity index is 1090. The minimum Gasteiger partial charge on any atom is -0.481 e. The Labute approximate surface area is 167 Å². The van der Waals surface area contributed by atoms with Gasteiger partial charge in [0.05, 0.1) is 11.9 Å². The normalized spacial score (nSPS) is 13.6. The van der Waals surface area contributed by atoms with Crippen LogP contribution in [0.25, 0.3) is 16.7 Å². The number of carbonyl (C=O) groups excluding carboxylic acids is 1. The fraction of sp³-hybridized carbons (Fsp3) is 0.318. The van der Waals surface area contributed by atoms with E-state index in [1.165, 1.54) is 12.1 Å². The first kappa shape index (κ1) is 19.1. The van der Waals surface area contributed by atoms with Gasteiger partial charge in [-0.2, -0.15) is 0 Å². The molecule has 1 aliphatic carbocycles. The maximum Gasteiger partial charge on any atom is 0.307 e. The van der Waals surface area contributed by atoms with Crippen LogP contribution in [0.1, 0.15) is 30.9 Å². The molecule has 0 bridgehead atoms. The number of halogens is 1. The van der Waals surface area contributed by atoms with E-state index in [4.69, 9.17) is 0 Å². The number of nitrogens with zero attached hydrogens (tertiary/aromatic N) is 3. The molecule has 1 fully saturated rings. The van der Waals surface area contributed by atoms with Gasteiger partial charge < -0.3 is 14.6 Å². The largest absolute Gasteiger partial charge is 0.481 e. The molecule has 2 aromatic heterocycles. The van der Waals surface area contributed by atoms with E-state index in [1.54, 1.807) is 29.1 Å². The van der Waals surface area contributed by atoms with E-state index in [1.807, 2.05) is 17.9 Å². The van der Waals surface area contributed by atoms with Gasteiger partial charge in [-0.25, -0.2) is 9.37 Å². The summed E-state index contributed by atoms with van der Waals surface area (Å²) in [5, 5.41) is 9.92. The maximum atomic E-state index is 14.0. The standard InChI is InChI=1S/C22H22FN3O3/c1-2-25(22(29)14-5-6-14)12-15-4-3-9-24-21(15)26-13-16(10-20(27)28)18-8-7-17(23)11-19(18)26/h3-4,7-9,11,13-14H,2,5-6,10,12H2,1H3,(H,27,28). The quantitative estimate of drug-likeness (QED) is 0.664. The molecule has 150 valence electrons. The number of pyridine rings is 1. The van der Waals surface area contributed by atoms with Crippen LogP contribution in [0, 0.1) is 11.7 Å². The van der Waals surface area contributed by atoms with Crippen molar-refractivity contribution in [2.45, 2.75) is 32.7 Å². The highest BCUT2D eigenvalue weighted by atomic mass is 19.1. The van der Waals surface area contributed by atoms with Crippen molar-refractivity contribution in [2.75, 3.05) is 6.54 Å². The molecule has 29 heavy (non-hydrogen) atoms. The number of carboxylic acids is 1. The van der Waals surface area contributed by atoms with Gasteiger partial charge in [0, 0.05) is 42.4 Å². The summed E-state index contributed by atoms with van der Waals surface area (Å²) in [4.78, 5) is 30.1. The second kappa shape index (κ2) is 7.66. The molecular formula is C22H22FN3O3. The van der Waals surface area contributed by atoms with Gasteiger partial charge in [0.15, 0.2) is 0 Å². The van der Waals surface area contributed by atoms with E-state index < -0.39 is 11.8 Å². The molecule has 0 radical (unpaired) electrons. The van der Waals surface area contributed by atoms with Gasteiger partial charge in [-0.05, 0) is 49.6 Å². The SMILES string of the molecule is CCN(Cc1cccnc1-n1cc(CC(=O)O)c2ccc(F)cc21)C(=O)C1CC1. The van der Waals surface area contributed by atoms with Crippen LogP contribution in [0.4, 0.5) is 4.39 Å².